The number of fused-ring (bicyclic) bond motifs is 1. The van der Waals surface area contributed by atoms with Crippen LogP contribution < -0.4 is 5.32 Å². The van der Waals surface area contributed by atoms with Crippen LogP contribution in [0.5, 0.6) is 0 Å². The summed E-state index contributed by atoms with van der Waals surface area (Å²) in [5.74, 6) is 0.829. The van der Waals surface area contributed by atoms with Crippen molar-refractivity contribution in [3.63, 3.8) is 0 Å². The number of nitrogens with one attached hydrogen (secondary N) is 1. The van der Waals surface area contributed by atoms with E-state index in [0.29, 0.717) is 10.6 Å². The fourth-order valence-corrected chi connectivity index (χ4v) is 3.39. The van der Waals surface area contributed by atoms with Crippen LogP contribution in [0.25, 0.3) is 11.4 Å². The molecule has 3 aromatic rings. The molecule has 2 aromatic carbocycles. The number of carbonyl (C=O) groups excluding carboxylic acids is 1. The first-order valence-corrected chi connectivity index (χ1v) is 8.80. The largest absolute Gasteiger partial charge is 0.328 e. The maximum Gasteiger partial charge on any atom is 0.255 e. The maximum atomic E-state index is 12.3. The minimum atomic E-state index is -0.173. The number of amides is 1. The van der Waals surface area contributed by atoms with Crippen molar-refractivity contribution < 1.29 is 4.79 Å². The quantitative estimate of drug-likeness (QED) is 0.737. The summed E-state index contributed by atoms with van der Waals surface area (Å²) in [7, 11) is 0. The molecule has 25 heavy (non-hydrogen) atoms. The van der Waals surface area contributed by atoms with E-state index in [4.69, 9.17) is 11.6 Å². The molecule has 0 saturated heterocycles. The van der Waals surface area contributed by atoms with E-state index in [1.807, 2.05) is 30.5 Å². The van der Waals surface area contributed by atoms with E-state index in [9.17, 15) is 4.79 Å². The third kappa shape index (κ3) is 3.30. The van der Waals surface area contributed by atoms with Crippen LogP contribution in [0.2, 0.25) is 5.02 Å². The molecule has 0 atom stereocenters. The van der Waals surface area contributed by atoms with Crippen LogP contribution in [-0.4, -0.2) is 15.5 Å². The van der Waals surface area contributed by atoms with E-state index in [0.717, 1.165) is 30.0 Å². The minimum Gasteiger partial charge on any atom is -0.328 e. The molecule has 1 aromatic heterocycles. The van der Waals surface area contributed by atoms with Crippen molar-refractivity contribution in [2.45, 2.75) is 25.8 Å². The normalized spacial score (nSPS) is 13.3. The molecule has 4 nitrogen and oxygen atoms in total. The Kier molecular flexibility index (Phi) is 4.28. The topological polar surface area (TPSA) is 46.9 Å². The molecule has 4 rings (SSSR count). The van der Waals surface area contributed by atoms with Crippen LogP contribution >= 0.6 is 11.6 Å². The molecule has 2 heterocycles. The number of halogens is 1. The summed E-state index contributed by atoms with van der Waals surface area (Å²) in [6, 6.07) is 14.7. The zero-order chi connectivity index (χ0) is 17.2. The first kappa shape index (κ1) is 15.9. The Morgan fingerprint density at radius 2 is 1.96 bits per heavy atom. The van der Waals surface area contributed by atoms with E-state index in [-0.39, 0.29) is 5.91 Å². The zero-order valence-corrected chi connectivity index (χ0v) is 14.5. The van der Waals surface area contributed by atoms with Crippen molar-refractivity contribution >= 4 is 23.2 Å². The van der Waals surface area contributed by atoms with E-state index in [2.05, 4.69) is 14.9 Å². The first-order chi connectivity index (χ1) is 12.2. The van der Waals surface area contributed by atoms with Gasteiger partial charge >= 0.3 is 0 Å². The second-order valence-corrected chi connectivity index (χ2v) is 6.66. The van der Waals surface area contributed by atoms with Gasteiger partial charge in [0, 0.05) is 40.3 Å². The molecule has 0 aliphatic carbocycles. The number of aromatic nitrogens is 2. The predicted octanol–water partition coefficient (Wildman–Crippen LogP) is 4.79. The lowest BCUT2D eigenvalue weighted by Gasteiger charge is -2.16. The molecular formula is C20H18ClN3O. The zero-order valence-electron chi connectivity index (χ0n) is 13.7. The van der Waals surface area contributed by atoms with Gasteiger partial charge < -0.3 is 9.88 Å². The Morgan fingerprint density at radius 1 is 1.12 bits per heavy atom. The van der Waals surface area contributed by atoms with Gasteiger partial charge in [-0.3, -0.25) is 4.79 Å². The fraction of sp³-hybridized carbons (Fsp3) is 0.200. The van der Waals surface area contributed by atoms with Gasteiger partial charge in [0.15, 0.2) is 0 Å². The van der Waals surface area contributed by atoms with Crippen LogP contribution in [0.3, 0.4) is 0 Å². The molecule has 1 aliphatic rings. The molecule has 1 aliphatic heterocycles. The van der Waals surface area contributed by atoms with Crippen LogP contribution in [0.1, 0.15) is 28.9 Å². The number of nitrogens with zero attached hydrogens (tertiary/aromatic N) is 2. The number of benzene rings is 2. The number of hydrogen-bond acceptors (Lipinski definition) is 2. The molecule has 0 fully saturated rings. The summed E-state index contributed by atoms with van der Waals surface area (Å²) in [6.45, 7) is 1.03. The molecule has 1 N–H and O–H groups in total. The number of imidazole rings is 1. The van der Waals surface area contributed by atoms with Gasteiger partial charge in [0.1, 0.15) is 5.82 Å². The third-order valence-electron chi connectivity index (χ3n) is 4.49. The Bertz CT molecular complexity index is 915. The summed E-state index contributed by atoms with van der Waals surface area (Å²) in [6.07, 6.45) is 5.51. The maximum absolute atomic E-state index is 12.3. The van der Waals surface area contributed by atoms with Gasteiger partial charge in [-0.15, -0.1) is 0 Å². The van der Waals surface area contributed by atoms with Crippen LogP contribution in [0.4, 0.5) is 5.69 Å². The molecule has 5 heteroatoms. The minimum absolute atomic E-state index is 0.173. The number of aryl methyl sites for hydroxylation is 1. The smallest absolute Gasteiger partial charge is 0.255 e. The lowest BCUT2D eigenvalue weighted by molar-refractivity contribution is 0.102. The Balaban J connectivity index is 1.52. The SMILES string of the molecule is O=C(Nc1ccc(-c2ncc3n2CCCC3)cc1)c1cccc(Cl)c1. The van der Waals surface area contributed by atoms with E-state index >= 15 is 0 Å². The van der Waals surface area contributed by atoms with Crippen LogP contribution in [0, 0.1) is 0 Å². The Morgan fingerprint density at radius 3 is 2.76 bits per heavy atom. The fourth-order valence-electron chi connectivity index (χ4n) is 3.20. The number of hydrogen-bond donors (Lipinski definition) is 1. The summed E-state index contributed by atoms with van der Waals surface area (Å²) in [5, 5.41) is 3.44. The highest BCUT2D eigenvalue weighted by Crippen LogP contribution is 2.25. The molecule has 0 unspecified atom stereocenters. The van der Waals surface area contributed by atoms with E-state index in [1.165, 1.54) is 18.5 Å². The second kappa shape index (κ2) is 6.73. The molecule has 0 radical (unpaired) electrons. The lowest BCUT2D eigenvalue weighted by atomic mass is 10.1. The van der Waals surface area contributed by atoms with Gasteiger partial charge in [-0.1, -0.05) is 17.7 Å². The average Bonchev–Trinajstić information content (AvgIpc) is 3.06. The lowest BCUT2D eigenvalue weighted by Crippen LogP contribution is -2.12. The molecular weight excluding hydrogens is 334 g/mol. The van der Waals surface area contributed by atoms with Crippen molar-refractivity contribution in [1.29, 1.82) is 0 Å². The highest BCUT2D eigenvalue weighted by molar-refractivity contribution is 6.31. The van der Waals surface area contributed by atoms with Gasteiger partial charge in [0.2, 0.25) is 0 Å². The van der Waals surface area contributed by atoms with Crippen molar-refractivity contribution in [3.8, 4) is 11.4 Å². The molecule has 0 saturated carbocycles. The summed E-state index contributed by atoms with van der Waals surface area (Å²) in [5.41, 5.74) is 3.66. The molecule has 1 amide bonds. The number of rotatable bonds is 3. The number of carbonyl (C=O) groups is 1. The summed E-state index contributed by atoms with van der Waals surface area (Å²) < 4.78 is 2.29. The molecule has 126 valence electrons. The summed E-state index contributed by atoms with van der Waals surface area (Å²) in [4.78, 5) is 16.9. The standard InChI is InChI=1S/C20H18ClN3O/c21-16-5-3-4-15(12-16)20(25)23-17-9-7-14(8-10-17)19-22-13-18-6-1-2-11-24(18)19/h3-5,7-10,12-13H,1-2,6,11H2,(H,23,25). The Labute approximate surface area is 151 Å². The van der Waals surface area contributed by atoms with Gasteiger partial charge in [-0.2, -0.15) is 0 Å². The van der Waals surface area contributed by atoms with Crippen molar-refractivity contribution in [3.05, 3.63) is 71.0 Å². The summed E-state index contributed by atoms with van der Waals surface area (Å²) >= 11 is 5.94. The predicted molar refractivity (Wildman–Crippen MR) is 100 cm³/mol. The first-order valence-electron chi connectivity index (χ1n) is 8.42. The average molecular weight is 352 g/mol. The van der Waals surface area contributed by atoms with Crippen molar-refractivity contribution in [2.24, 2.45) is 0 Å². The monoisotopic (exact) mass is 351 g/mol. The second-order valence-electron chi connectivity index (χ2n) is 6.22. The van der Waals surface area contributed by atoms with Crippen LogP contribution in [0.15, 0.2) is 54.7 Å². The van der Waals surface area contributed by atoms with Crippen LogP contribution in [-0.2, 0) is 13.0 Å². The highest BCUT2D eigenvalue weighted by Gasteiger charge is 2.15. The van der Waals surface area contributed by atoms with Crippen molar-refractivity contribution in [2.75, 3.05) is 5.32 Å². The molecule has 0 bridgehead atoms. The third-order valence-corrected chi connectivity index (χ3v) is 4.73. The number of anilines is 1. The Hall–Kier alpha value is -2.59. The van der Waals surface area contributed by atoms with E-state index < -0.39 is 0 Å². The van der Waals surface area contributed by atoms with Crippen molar-refractivity contribution in [1.82, 2.24) is 9.55 Å². The van der Waals surface area contributed by atoms with Gasteiger partial charge in [-0.05, 0) is 61.7 Å². The van der Waals surface area contributed by atoms with Gasteiger partial charge in [-0.25, -0.2) is 4.98 Å². The van der Waals surface area contributed by atoms with E-state index in [1.54, 1.807) is 24.3 Å². The highest BCUT2D eigenvalue weighted by atomic mass is 35.5. The van der Waals surface area contributed by atoms with Gasteiger partial charge in [0.25, 0.3) is 5.91 Å². The van der Waals surface area contributed by atoms with Gasteiger partial charge in [0.05, 0.1) is 0 Å². The molecule has 0 spiro atoms.